The molecule has 0 saturated heterocycles. The molecule has 0 aliphatic rings. The van der Waals surface area contributed by atoms with Gasteiger partial charge in [-0.1, -0.05) is 17.3 Å². The zero-order chi connectivity index (χ0) is 18.6. The number of hydrogen-bond donors (Lipinski definition) is 0. The minimum absolute atomic E-state index is 0.0594. The second kappa shape index (κ2) is 7.29. The van der Waals surface area contributed by atoms with Crippen molar-refractivity contribution in [3.8, 4) is 17.0 Å². The van der Waals surface area contributed by atoms with Gasteiger partial charge < -0.3 is 13.8 Å². The number of carbonyl (C=O) groups is 1. The van der Waals surface area contributed by atoms with Crippen molar-refractivity contribution in [1.29, 1.82) is 0 Å². The monoisotopic (exact) mass is 362 g/mol. The lowest BCUT2D eigenvalue weighted by Crippen LogP contribution is -2.05. The zero-order valence-corrected chi connectivity index (χ0v) is 14.2. The van der Waals surface area contributed by atoms with Crippen molar-refractivity contribution >= 4 is 5.97 Å². The predicted octanol–water partition coefficient (Wildman–Crippen LogP) is 4.63. The van der Waals surface area contributed by atoms with Crippen molar-refractivity contribution in [2.45, 2.75) is 6.61 Å². The van der Waals surface area contributed by atoms with Crippen LogP contribution in [0.4, 0.5) is 4.39 Å². The lowest BCUT2D eigenvalue weighted by atomic mass is 10.1. The summed E-state index contributed by atoms with van der Waals surface area (Å²) >= 11 is 0. The first-order valence-corrected chi connectivity index (χ1v) is 8.32. The van der Waals surface area contributed by atoms with Crippen LogP contribution in [-0.2, 0) is 11.3 Å². The Labute approximate surface area is 154 Å². The van der Waals surface area contributed by atoms with Crippen LogP contribution in [0.1, 0.15) is 16.1 Å². The van der Waals surface area contributed by atoms with Gasteiger partial charge >= 0.3 is 5.97 Å². The van der Waals surface area contributed by atoms with Gasteiger partial charge in [0.05, 0.1) is 11.1 Å². The second-order valence-electron chi connectivity index (χ2n) is 5.88. The Morgan fingerprint density at radius 1 is 1.04 bits per heavy atom. The lowest BCUT2D eigenvalue weighted by Gasteiger charge is -2.05. The van der Waals surface area contributed by atoms with Crippen molar-refractivity contribution < 1.29 is 18.4 Å². The van der Waals surface area contributed by atoms with E-state index in [-0.39, 0.29) is 12.4 Å². The molecule has 0 spiro atoms. The molecule has 4 aromatic rings. The molecule has 0 aliphatic heterocycles. The molecule has 4 rings (SSSR count). The number of nitrogens with zero attached hydrogens (tertiary/aromatic N) is 2. The number of benzene rings is 2. The molecule has 0 saturated carbocycles. The fourth-order valence-corrected chi connectivity index (χ4v) is 2.67. The Balaban J connectivity index is 1.40. The Morgan fingerprint density at radius 3 is 2.52 bits per heavy atom. The van der Waals surface area contributed by atoms with Crippen LogP contribution in [0.3, 0.4) is 0 Å². The van der Waals surface area contributed by atoms with Gasteiger partial charge in [-0.15, -0.1) is 0 Å². The van der Waals surface area contributed by atoms with Gasteiger partial charge in [0.1, 0.15) is 18.1 Å². The molecule has 0 N–H and O–H groups in total. The van der Waals surface area contributed by atoms with Gasteiger partial charge in [-0.2, -0.15) is 0 Å². The average Bonchev–Trinajstić information content (AvgIpc) is 3.39. The van der Waals surface area contributed by atoms with Gasteiger partial charge in [-0.25, -0.2) is 9.18 Å². The van der Waals surface area contributed by atoms with E-state index in [1.807, 2.05) is 41.2 Å². The van der Waals surface area contributed by atoms with Gasteiger partial charge in [-0.3, -0.25) is 0 Å². The van der Waals surface area contributed by atoms with Crippen molar-refractivity contribution in [3.05, 3.63) is 96.2 Å². The van der Waals surface area contributed by atoms with Crippen LogP contribution >= 0.6 is 0 Å². The number of ether oxygens (including phenoxy) is 1. The van der Waals surface area contributed by atoms with Gasteiger partial charge in [0, 0.05) is 24.1 Å². The maximum absolute atomic E-state index is 13.8. The fourth-order valence-electron chi connectivity index (χ4n) is 2.67. The molecule has 134 valence electrons. The van der Waals surface area contributed by atoms with Gasteiger partial charge in [0.25, 0.3) is 0 Å². The summed E-state index contributed by atoms with van der Waals surface area (Å²) < 4.78 is 26.1. The quantitative estimate of drug-likeness (QED) is 0.486. The summed E-state index contributed by atoms with van der Waals surface area (Å²) in [7, 11) is 0. The van der Waals surface area contributed by atoms with E-state index in [1.54, 1.807) is 36.4 Å². The van der Waals surface area contributed by atoms with E-state index >= 15 is 0 Å². The highest BCUT2D eigenvalue weighted by molar-refractivity contribution is 5.89. The summed E-state index contributed by atoms with van der Waals surface area (Å²) in [6, 6.07) is 18.7. The highest BCUT2D eigenvalue weighted by atomic mass is 19.1. The van der Waals surface area contributed by atoms with Crippen LogP contribution in [0.2, 0.25) is 0 Å². The molecule has 0 fully saturated rings. The van der Waals surface area contributed by atoms with E-state index in [9.17, 15) is 9.18 Å². The third-order valence-corrected chi connectivity index (χ3v) is 4.06. The summed E-state index contributed by atoms with van der Waals surface area (Å²) in [5.74, 6) is -0.584. The third-order valence-electron chi connectivity index (χ3n) is 4.06. The third kappa shape index (κ3) is 3.64. The molecule has 2 aromatic heterocycles. The smallest absolute Gasteiger partial charge is 0.338 e. The molecule has 6 heteroatoms. The number of aromatic nitrogens is 2. The number of hydrogen-bond acceptors (Lipinski definition) is 4. The second-order valence-corrected chi connectivity index (χ2v) is 5.88. The molecule has 2 aromatic carbocycles. The Morgan fingerprint density at radius 2 is 1.78 bits per heavy atom. The van der Waals surface area contributed by atoms with Crippen LogP contribution in [0.15, 0.2) is 83.6 Å². The van der Waals surface area contributed by atoms with Gasteiger partial charge in [0.2, 0.25) is 0 Å². The van der Waals surface area contributed by atoms with E-state index in [0.29, 0.717) is 16.8 Å². The van der Waals surface area contributed by atoms with E-state index in [1.165, 1.54) is 6.07 Å². The average molecular weight is 362 g/mol. The van der Waals surface area contributed by atoms with E-state index in [4.69, 9.17) is 9.26 Å². The lowest BCUT2D eigenvalue weighted by molar-refractivity contribution is 0.0464. The van der Waals surface area contributed by atoms with Crippen molar-refractivity contribution in [2.75, 3.05) is 0 Å². The molecule has 0 atom stereocenters. The normalized spacial score (nSPS) is 10.7. The zero-order valence-electron chi connectivity index (χ0n) is 14.2. The van der Waals surface area contributed by atoms with Crippen molar-refractivity contribution in [3.63, 3.8) is 0 Å². The summed E-state index contributed by atoms with van der Waals surface area (Å²) in [5, 5.41) is 3.82. The summed E-state index contributed by atoms with van der Waals surface area (Å²) in [4.78, 5) is 12.2. The predicted molar refractivity (Wildman–Crippen MR) is 96.8 cm³/mol. The Hall–Kier alpha value is -3.67. The van der Waals surface area contributed by atoms with Crippen LogP contribution in [-0.4, -0.2) is 15.7 Å². The first-order valence-electron chi connectivity index (χ1n) is 8.32. The highest BCUT2D eigenvalue weighted by Crippen LogP contribution is 2.23. The molecule has 0 aliphatic carbocycles. The van der Waals surface area contributed by atoms with Crippen molar-refractivity contribution in [2.24, 2.45) is 0 Å². The molecule has 0 amide bonds. The Kier molecular flexibility index (Phi) is 4.53. The highest BCUT2D eigenvalue weighted by Gasteiger charge is 2.13. The number of esters is 1. The maximum Gasteiger partial charge on any atom is 0.338 e. The standard InChI is InChI=1S/C21H15FN2O3/c22-19-6-2-1-5-18(19)20-13-16(23-27-20)14-26-21(25)15-7-9-17(10-8-15)24-11-3-4-12-24/h1-13H,14H2. The molecule has 27 heavy (non-hydrogen) atoms. The van der Waals surface area contributed by atoms with Crippen LogP contribution in [0, 0.1) is 5.82 Å². The Bertz CT molecular complexity index is 1050. The molecule has 0 bridgehead atoms. The molecule has 0 unspecified atom stereocenters. The number of carbonyl (C=O) groups excluding carboxylic acids is 1. The first kappa shape index (κ1) is 16.8. The van der Waals surface area contributed by atoms with Crippen LogP contribution in [0.5, 0.6) is 0 Å². The first-order chi connectivity index (χ1) is 13.2. The van der Waals surface area contributed by atoms with E-state index in [0.717, 1.165) is 5.69 Å². The van der Waals surface area contributed by atoms with Gasteiger partial charge in [-0.05, 0) is 48.5 Å². The maximum atomic E-state index is 13.8. The summed E-state index contributed by atoms with van der Waals surface area (Å²) in [6.07, 6.45) is 3.84. The molecule has 0 radical (unpaired) electrons. The topological polar surface area (TPSA) is 57.3 Å². The summed E-state index contributed by atoms with van der Waals surface area (Å²) in [5.41, 5.74) is 2.10. The van der Waals surface area contributed by atoms with Gasteiger partial charge in [0.15, 0.2) is 5.76 Å². The number of rotatable bonds is 5. The van der Waals surface area contributed by atoms with Crippen LogP contribution < -0.4 is 0 Å². The fraction of sp³-hybridized carbons (Fsp3) is 0.0476. The largest absolute Gasteiger partial charge is 0.455 e. The van der Waals surface area contributed by atoms with Crippen molar-refractivity contribution in [1.82, 2.24) is 9.72 Å². The molecular formula is C21H15FN2O3. The molecule has 5 nitrogen and oxygen atoms in total. The molecule has 2 heterocycles. The van der Waals surface area contributed by atoms with E-state index < -0.39 is 11.8 Å². The van der Waals surface area contributed by atoms with Crippen LogP contribution in [0.25, 0.3) is 17.0 Å². The SMILES string of the molecule is O=C(OCc1cc(-c2ccccc2F)on1)c1ccc(-n2cccc2)cc1. The molecular weight excluding hydrogens is 347 g/mol. The minimum Gasteiger partial charge on any atom is -0.455 e. The minimum atomic E-state index is -0.468. The number of halogens is 1. The van der Waals surface area contributed by atoms with E-state index in [2.05, 4.69) is 5.16 Å². The summed E-state index contributed by atoms with van der Waals surface area (Å²) in [6.45, 7) is -0.0594.